The van der Waals surface area contributed by atoms with Crippen LogP contribution >= 0.6 is 0 Å². The Labute approximate surface area is 181 Å². The summed E-state index contributed by atoms with van der Waals surface area (Å²) < 4.78 is 13.4. The Morgan fingerprint density at radius 3 is 2.38 bits per heavy atom. The predicted octanol–water partition coefficient (Wildman–Crippen LogP) is 5.68. The van der Waals surface area contributed by atoms with Gasteiger partial charge in [-0.05, 0) is 47.5 Å². The number of nitrogens with zero attached hydrogens (tertiary/aromatic N) is 3. The van der Waals surface area contributed by atoms with Crippen molar-refractivity contribution in [2.75, 3.05) is 0 Å². The van der Waals surface area contributed by atoms with E-state index in [9.17, 15) is 9.50 Å². The second-order valence-electron chi connectivity index (χ2n) is 7.60. The maximum atomic E-state index is 13.4. The van der Waals surface area contributed by atoms with Crippen molar-refractivity contribution in [1.82, 2.24) is 25.1 Å². The van der Waals surface area contributed by atoms with Crippen molar-refractivity contribution in [3.63, 3.8) is 0 Å². The molecule has 6 aromatic rings. The third-order valence-electron chi connectivity index (χ3n) is 5.58. The SMILES string of the molecule is Oc1cncc(-c2ccc3[nH]nc(-c4cc5c(-c6ccc(F)cc6)cncc5[nH]4)c3c2)c1. The van der Waals surface area contributed by atoms with Crippen LogP contribution in [-0.2, 0) is 0 Å². The molecule has 0 radical (unpaired) electrons. The van der Waals surface area contributed by atoms with Crippen molar-refractivity contribution in [2.45, 2.75) is 0 Å². The van der Waals surface area contributed by atoms with Crippen molar-refractivity contribution < 1.29 is 9.50 Å². The van der Waals surface area contributed by atoms with Crippen LogP contribution in [-0.4, -0.2) is 30.3 Å². The van der Waals surface area contributed by atoms with Crippen LogP contribution in [0.3, 0.4) is 0 Å². The minimum Gasteiger partial charge on any atom is -0.506 e. The fraction of sp³-hybridized carbons (Fsp3) is 0. The highest BCUT2D eigenvalue weighted by Gasteiger charge is 2.15. The molecule has 0 saturated heterocycles. The Balaban J connectivity index is 1.50. The van der Waals surface area contributed by atoms with E-state index in [0.717, 1.165) is 55.4 Å². The third-order valence-corrected chi connectivity index (χ3v) is 5.58. The normalized spacial score (nSPS) is 11.4. The highest BCUT2D eigenvalue weighted by Crippen LogP contribution is 2.35. The Hall–Kier alpha value is -4.52. The molecule has 6 rings (SSSR count). The minimum atomic E-state index is -0.274. The Bertz CT molecular complexity index is 1600. The smallest absolute Gasteiger partial charge is 0.134 e. The molecule has 0 aliphatic carbocycles. The molecule has 4 aromatic heterocycles. The Morgan fingerprint density at radius 2 is 1.53 bits per heavy atom. The van der Waals surface area contributed by atoms with Gasteiger partial charge in [0.05, 0.1) is 29.1 Å². The number of hydrogen-bond donors (Lipinski definition) is 3. The number of nitrogens with one attached hydrogen (secondary N) is 2. The first kappa shape index (κ1) is 18.3. The van der Waals surface area contributed by atoms with Crippen molar-refractivity contribution in [2.24, 2.45) is 0 Å². The van der Waals surface area contributed by atoms with Gasteiger partial charge in [-0.3, -0.25) is 15.1 Å². The van der Waals surface area contributed by atoms with E-state index < -0.39 is 0 Å². The van der Waals surface area contributed by atoms with E-state index in [0.29, 0.717) is 0 Å². The molecule has 0 saturated carbocycles. The predicted molar refractivity (Wildman–Crippen MR) is 121 cm³/mol. The molecule has 6 nitrogen and oxygen atoms in total. The molecule has 0 aliphatic rings. The van der Waals surface area contributed by atoms with Gasteiger partial charge in [-0.2, -0.15) is 5.10 Å². The van der Waals surface area contributed by atoms with Gasteiger partial charge < -0.3 is 10.1 Å². The molecule has 3 N–H and O–H groups in total. The number of halogens is 1. The zero-order valence-corrected chi connectivity index (χ0v) is 16.7. The van der Waals surface area contributed by atoms with E-state index in [2.05, 4.69) is 25.1 Å². The van der Waals surface area contributed by atoms with Crippen LogP contribution in [0.5, 0.6) is 5.75 Å². The van der Waals surface area contributed by atoms with Gasteiger partial charge in [-0.25, -0.2) is 4.39 Å². The fourth-order valence-corrected chi connectivity index (χ4v) is 4.02. The van der Waals surface area contributed by atoms with Crippen molar-refractivity contribution in [3.8, 4) is 39.4 Å². The molecule has 0 spiro atoms. The van der Waals surface area contributed by atoms with Crippen LogP contribution in [0.2, 0.25) is 0 Å². The number of fused-ring (bicyclic) bond motifs is 2. The highest BCUT2D eigenvalue weighted by molar-refractivity contribution is 6.01. The molecule has 0 fully saturated rings. The van der Waals surface area contributed by atoms with Crippen molar-refractivity contribution in [3.05, 3.63) is 85.2 Å². The monoisotopic (exact) mass is 421 g/mol. The average molecular weight is 421 g/mol. The second-order valence-corrected chi connectivity index (χ2v) is 7.60. The van der Waals surface area contributed by atoms with Crippen LogP contribution < -0.4 is 0 Å². The van der Waals surface area contributed by atoms with Gasteiger partial charge in [0, 0.05) is 34.3 Å². The molecule has 0 amide bonds. The molecule has 0 bridgehead atoms. The standard InChI is InChI=1S/C25H16FN5O/c26-17-4-1-14(2-5-17)21-12-28-13-24-19(21)9-23(29-24)25-20-8-15(3-6-22(20)30-31-25)16-7-18(32)11-27-10-16/h1-13,29,32H,(H,30,31). The van der Waals surface area contributed by atoms with Crippen molar-refractivity contribution in [1.29, 1.82) is 0 Å². The Kier molecular flexibility index (Phi) is 4.01. The lowest BCUT2D eigenvalue weighted by molar-refractivity contribution is 0.473. The van der Waals surface area contributed by atoms with Crippen LogP contribution in [0.15, 0.2) is 79.4 Å². The van der Waals surface area contributed by atoms with Crippen LogP contribution in [0.25, 0.3) is 55.4 Å². The summed E-state index contributed by atoms with van der Waals surface area (Å²) in [5, 5.41) is 19.3. The lowest BCUT2D eigenvalue weighted by atomic mass is 10.0. The molecule has 0 aliphatic heterocycles. The summed E-state index contributed by atoms with van der Waals surface area (Å²) in [6, 6.07) is 16.0. The number of hydrogen-bond acceptors (Lipinski definition) is 4. The van der Waals surface area contributed by atoms with Gasteiger partial charge in [0.1, 0.15) is 17.3 Å². The minimum absolute atomic E-state index is 0.117. The molecular formula is C25H16FN5O. The molecular weight excluding hydrogens is 405 g/mol. The number of pyridine rings is 2. The summed E-state index contributed by atoms with van der Waals surface area (Å²) in [6.45, 7) is 0. The fourth-order valence-electron chi connectivity index (χ4n) is 4.02. The maximum absolute atomic E-state index is 13.4. The molecule has 0 unspecified atom stereocenters. The topological polar surface area (TPSA) is 90.5 Å². The van der Waals surface area contributed by atoms with Gasteiger partial charge >= 0.3 is 0 Å². The second kappa shape index (κ2) is 7.02. The summed E-state index contributed by atoms with van der Waals surface area (Å²) in [5.74, 6) is -0.157. The van der Waals surface area contributed by atoms with Gasteiger partial charge in [-0.1, -0.05) is 18.2 Å². The summed E-state index contributed by atoms with van der Waals surface area (Å²) in [5.41, 5.74) is 6.92. The number of benzene rings is 2. The number of rotatable bonds is 3. The number of aromatic amines is 2. The zero-order chi connectivity index (χ0) is 21.7. The first-order valence-corrected chi connectivity index (χ1v) is 10.0. The summed E-state index contributed by atoms with van der Waals surface area (Å²) in [7, 11) is 0. The van der Waals surface area contributed by atoms with Crippen LogP contribution in [0.1, 0.15) is 0 Å². The summed E-state index contributed by atoms with van der Waals surface area (Å²) in [6.07, 6.45) is 6.67. The van der Waals surface area contributed by atoms with Crippen LogP contribution in [0.4, 0.5) is 4.39 Å². The molecule has 4 heterocycles. The number of H-pyrrole nitrogens is 2. The molecule has 7 heteroatoms. The van der Waals surface area contributed by atoms with Gasteiger partial charge in [0.25, 0.3) is 0 Å². The van der Waals surface area contributed by atoms with Gasteiger partial charge in [0.15, 0.2) is 0 Å². The quantitative estimate of drug-likeness (QED) is 0.343. The van der Waals surface area contributed by atoms with Gasteiger partial charge in [-0.15, -0.1) is 0 Å². The largest absolute Gasteiger partial charge is 0.506 e. The summed E-state index contributed by atoms with van der Waals surface area (Å²) >= 11 is 0. The van der Waals surface area contributed by atoms with E-state index in [-0.39, 0.29) is 11.6 Å². The Morgan fingerprint density at radius 1 is 0.719 bits per heavy atom. The molecule has 0 atom stereocenters. The van der Waals surface area contributed by atoms with E-state index >= 15 is 0 Å². The number of aromatic hydroxyl groups is 1. The third kappa shape index (κ3) is 2.99. The van der Waals surface area contributed by atoms with Crippen LogP contribution in [0, 0.1) is 5.82 Å². The summed E-state index contributed by atoms with van der Waals surface area (Å²) in [4.78, 5) is 11.8. The van der Waals surface area contributed by atoms with E-state index in [1.54, 1.807) is 36.8 Å². The zero-order valence-electron chi connectivity index (χ0n) is 16.7. The molecule has 2 aromatic carbocycles. The number of aromatic nitrogens is 5. The van der Waals surface area contributed by atoms with E-state index in [1.165, 1.54) is 18.3 Å². The van der Waals surface area contributed by atoms with Crippen molar-refractivity contribution >= 4 is 21.8 Å². The average Bonchev–Trinajstić information content (AvgIpc) is 3.43. The van der Waals surface area contributed by atoms with E-state index in [4.69, 9.17) is 0 Å². The van der Waals surface area contributed by atoms with Gasteiger partial charge in [0.2, 0.25) is 0 Å². The first-order chi connectivity index (χ1) is 15.7. The van der Waals surface area contributed by atoms with E-state index in [1.807, 2.05) is 24.3 Å². The lowest BCUT2D eigenvalue weighted by Gasteiger charge is -2.03. The lowest BCUT2D eigenvalue weighted by Crippen LogP contribution is -1.82. The maximum Gasteiger partial charge on any atom is 0.134 e. The highest BCUT2D eigenvalue weighted by atomic mass is 19.1. The molecule has 32 heavy (non-hydrogen) atoms. The molecule has 154 valence electrons. The first-order valence-electron chi connectivity index (χ1n) is 10.0.